The van der Waals surface area contributed by atoms with Crippen LogP contribution in [0.2, 0.25) is 0 Å². The van der Waals surface area contributed by atoms with Crippen molar-refractivity contribution in [1.29, 1.82) is 0 Å². The number of carboxylic acid groups (broad SMARTS) is 1. The molecule has 0 spiro atoms. The number of rotatable bonds is 6. The van der Waals surface area contributed by atoms with Crippen molar-refractivity contribution in [3.63, 3.8) is 0 Å². The summed E-state index contributed by atoms with van der Waals surface area (Å²) in [6.07, 6.45) is 0.292. The van der Waals surface area contributed by atoms with E-state index < -0.39 is 17.9 Å². The topological polar surface area (TPSA) is 95.5 Å². The molecule has 0 saturated carbocycles. The molecule has 1 heterocycles. The molecule has 0 aliphatic rings. The number of thiophene rings is 1. The summed E-state index contributed by atoms with van der Waals surface area (Å²) in [5, 5.41) is 15.2. The van der Waals surface area contributed by atoms with Crippen molar-refractivity contribution in [3.8, 4) is 0 Å². The van der Waals surface area contributed by atoms with Crippen molar-refractivity contribution < 1.29 is 19.5 Å². The van der Waals surface area contributed by atoms with Crippen LogP contribution in [0.1, 0.15) is 23.0 Å². The van der Waals surface area contributed by atoms with Gasteiger partial charge in [-0.25, -0.2) is 4.79 Å². The maximum atomic E-state index is 11.5. The number of carboxylic acids is 1. The summed E-state index contributed by atoms with van der Waals surface area (Å²) in [6, 6.07) is 2.46. The molecule has 0 aliphatic carbocycles. The lowest BCUT2D eigenvalue weighted by Gasteiger charge is -2.12. The van der Waals surface area contributed by atoms with E-state index in [4.69, 9.17) is 5.11 Å². The van der Waals surface area contributed by atoms with Crippen LogP contribution < -0.4 is 10.6 Å². The summed E-state index contributed by atoms with van der Waals surface area (Å²) in [6.45, 7) is 1.42. The van der Waals surface area contributed by atoms with Gasteiger partial charge in [0.05, 0.1) is 11.4 Å². The first-order valence-electron chi connectivity index (χ1n) is 5.38. The fraction of sp³-hybridized carbons (Fsp3) is 0.364. The fourth-order valence-corrected chi connectivity index (χ4v) is 1.88. The summed E-state index contributed by atoms with van der Waals surface area (Å²) < 4.78 is 0. The molecule has 18 heavy (non-hydrogen) atoms. The lowest BCUT2D eigenvalue weighted by molar-refractivity contribution is -0.141. The molecule has 0 aliphatic heterocycles. The van der Waals surface area contributed by atoms with Gasteiger partial charge in [0, 0.05) is 0 Å². The van der Waals surface area contributed by atoms with Crippen LogP contribution in [-0.4, -0.2) is 35.5 Å². The van der Waals surface area contributed by atoms with Gasteiger partial charge >= 0.3 is 5.97 Å². The number of carbonyl (C=O) groups is 3. The monoisotopic (exact) mass is 270 g/mol. The molecule has 0 aromatic carbocycles. The Balaban J connectivity index is 2.37. The van der Waals surface area contributed by atoms with Gasteiger partial charge in [0.25, 0.3) is 5.91 Å². The highest BCUT2D eigenvalue weighted by Gasteiger charge is 2.17. The molecule has 0 bridgehead atoms. The third-order valence-electron chi connectivity index (χ3n) is 2.20. The Morgan fingerprint density at radius 1 is 1.44 bits per heavy atom. The van der Waals surface area contributed by atoms with E-state index in [0.717, 1.165) is 0 Å². The van der Waals surface area contributed by atoms with E-state index in [-0.39, 0.29) is 12.5 Å². The van der Waals surface area contributed by atoms with Gasteiger partial charge in [-0.2, -0.15) is 0 Å². The molecule has 0 fully saturated rings. The number of amides is 2. The number of nitrogens with one attached hydrogen (secondary N) is 2. The molecule has 0 saturated heterocycles. The van der Waals surface area contributed by atoms with Gasteiger partial charge in [0.2, 0.25) is 5.91 Å². The number of hydrogen-bond acceptors (Lipinski definition) is 4. The van der Waals surface area contributed by atoms with Crippen molar-refractivity contribution in [2.75, 3.05) is 6.54 Å². The quantitative estimate of drug-likeness (QED) is 0.699. The number of carbonyl (C=O) groups excluding carboxylic acids is 2. The molecule has 7 heteroatoms. The zero-order chi connectivity index (χ0) is 13.5. The molecule has 1 aromatic heterocycles. The second-order valence-electron chi connectivity index (χ2n) is 3.53. The van der Waals surface area contributed by atoms with Gasteiger partial charge < -0.3 is 15.7 Å². The van der Waals surface area contributed by atoms with Gasteiger partial charge in [-0.15, -0.1) is 11.3 Å². The lowest BCUT2D eigenvalue weighted by atomic mass is 10.2. The molecule has 1 atom stereocenters. The Bertz CT molecular complexity index is 430. The lowest BCUT2D eigenvalue weighted by Crippen LogP contribution is -2.45. The minimum Gasteiger partial charge on any atom is -0.480 e. The van der Waals surface area contributed by atoms with E-state index in [0.29, 0.717) is 11.3 Å². The van der Waals surface area contributed by atoms with Crippen LogP contribution in [-0.2, 0) is 9.59 Å². The standard InChI is InChI=1S/C11H14N2O4S/c1-2-7(11(16)17)13-9(14)6-12-10(15)8-4-3-5-18-8/h3-5,7H,2,6H2,1H3,(H,12,15)(H,13,14)(H,16,17)/t7-/m0/s1. The van der Waals surface area contributed by atoms with Gasteiger partial charge in [-0.3, -0.25) is 9.59 Å². The first-order valence-corrected chi connectivity index (χ1v) is 6.26. The van der Waals surface area contributed by atoms with Crippen LogP contribution in [0.4, 0.5) is 0 Å². The third-order valence-corrected chi connectivity index (χ3v) is 3.06. The third kappa shape index (κ3) is 4.17. The van der Waals surface area contributed by atoms with Crippen LogP contribution in [0.25, 0.3) is 0 Å². The highest BCUT2D eigenvalue weighted by atomic mass is 32.1. The van der Waals surface area contributed by atoms with E-state index >= 15 is 0 Å². The normalized spacial score (nSPS) is 11.6. The average Bonchev–Trinajstić information content (AvgIpc) is 2.86. The summed E-state index contributed by atoms with van der Waals surface area (Å²) in [5.41, 5.74) is 0. The Hall–Kier alpha value is -1.89. The first-order chi connectivity index (χ1) is 8.54. The Morgan fingerprint density at radius 2 is 2.17 bits per heavy atom. The van der Waals surface area contributed by atoms with Crippen molar-refractivity contribution >= 4 is 29.1 Å². The zero-order valence-corrected chi connectivity index (χ0v) is 10.6. The van der Waals surface area contributed by atoms with E-state index in [9.17, 15) is 14.4 Å². The summed E-state index contributed by atoms with van der Waals surface area (Å²) >= 11 is 1.27. The summed E-state index contributed by atoms with van der Waals surface area (Å²) in [5.74, 6) is -1.95. The molecule has 2 amide bonds. The van der Waals surface area contributed by atoms with Crippen LogP contribution in [0, 0.1) is 0 Å². The zero-order valence-electron chi connectivity index (χ0n) is 9.80. The maximum Gasteiger partial charge on any atom is 0.326 e. The maximum absolute atomic E-state index is 11.5. The summed E-state index contributed by atoms with van der Waals surface area (Å²) in [4.78, 5) is 34.1. The molecular weight excluding hydrogens is 256 g/mol. The van der Waals surface area contributed by atoms with Gasteiger partial charge in [0.1, 0.15) is 6.04 Å². The first kappa shape index (κ1) is 14.2. The number of hydrogen-bond donors (Lipinski definition) is 3. The predicted molar refractivity (Wildman–Crippen MR) is 66.5 cm³/mol. The minimum absolute atomic E-state index is 0.236. The average molecular weight is 270 g/mol. The Kier molecular flexibility index (Phi) is 5.31. The van der Waals surface area contributed by atoms with Crippen molar-refractivity contribution in [2.24, 2.45) is 0 Å². The van der Waals surface area contributed by atoms with Gasteiger partial charge in [-0.1, -0.05) is 13.0 Å². The van der Waals surface area contributed by atoms with Crippen LogP contribution in [0.5, 0.6) is 0 Å². The highest BCUT2D eigenvalue weighted by Crippen LogP contribution is 2.07. The molecule has 6 nitrogen and oxygen atoms in total. The van der Waals surface area contributed by atoms with Crippen LogP contribution >= 0.6 is 11.3 Å². The highest BCUT2D eigenvalue weighted by molar-refractivity contribution is 7.12. The number of aliphatic carboxylic acids is 1. The minimum atomic E-state index is -1.09. The van der Waals surface area contributed by atoms with Crippen LogP contribution in [0.3, 0.4) is 0 Å². The van der Waals surface area contributed by atoms with Gasteiger partial charge in [0.15, 0.2) is 0 Å². The molecular formula is C11H14N2O4S. The molecule has 1 rings (SSSR count). The van der Waals surface area contributed by atoms with Crippen molar-refractivity contribution in [2.45, 2.75) is 19.4 Å². The van der Waals surface area contributed by atoms with Gasteiger partial charge in [-0.05, 0) is 17.9 Å². The summed E-state index contributed by atoms with van der Waals surface area (Å²) in [7, 11) is 0. The van der Waals surface area contributed by atoms with E-state index in [2.05, 4.69) is 10.6 Å². The Labute approximate surface area is 108 Å². The second-order valence-corrected chi connectivity index (χ2v) is 4.47. The predicted octanol–water partition coefficient (Wildman–Crippen LogP) is 0.457. The largest absolute Gasteiger partial charge is 0.480 e. The smallest absolute Gasteiger partial charge is 0.326 e. The van der Waals surface area contributed by atoms with E-state index in [1.54, 1.807) is 24.4 Å². The Morgan fingerprint density at radius 3 is 2.67 bits per heavy atom. The fourth-order valence-electron chi connectivity index (χ4n) is 1.24. The molecule has 98 valence electrons. The molecule has 3 N–H and O–H groups in total. The SMILES string of the molecule is CC[C@H](NC(=O)CNC(=O)c1cccs1)C(=O)O. The molecule has 0 unspecified atom stereocenters. The van der Waals surface area contributed by atoms with Crippen LogP contribution in [0.15, 0.2) is 17.5 Å². The van der Waals surface area contributed by atoms with E-state index in [1.165, 1.54) is 11.3 Å². The van der Waals surface area contributed by atoms with Crippen molar-refractivity contribution in [3.05, 3.63) is 22.4 Å². The second kappa shape index (κ2) is 6.75. The van der Waals surface area contributed by atoms with E-state index in [1.807, 2.05) is 0 Å². The van der Waals surface area contributed by atoms with Crippen molar-refractivity contribution in [1.82, 2.24) is 10.6 Å². The molecule has 0 radical (unpaired) electrons. The molecule has 1 aromatic rings.